The van der Waals surface area contributed by atoms with Gasteiger partial charge in [-0.15, -0.1) is 0 Å². The number of rotatable bonds is 5. The quantitative estimate of drug-likeness (QED) is 0.857. The van der Waals surface area contributed by atoms with Crippen LogP contribution in [0.4, 0.5) is 10.5 Å². The highest BCUT2D eigenvalue weighted by atomic mass is 16.2. The minimum Gasteiger partial charge on any atom is -0.343 e. The SMILES string of the molecule is CCN(CC)C(=O)C1CCCN(C(=O)Nc2cccc(-c3ccccn3)c2)C1. The van der Waals surface area contributed by atoms with Crippen LogP contribution in [-0.2, 0) is 4.79 Å². The Hall–Kier alpha value is -2.89. The fourth-order valence-corrected chi connectivity index (χ4v) is 3.65. The number of nitrogens with one attached hydrogen (secondary N) is 1. The first kappa shape index (κ1) is 19.9. The highest BCUT2D eigenvalue weighted by Crippen LogP contribution is 2.23. The summed E-state index contributed by atoms with van der Waals surface area (Å²) >= 11 is 0. The van der Waals surface area contributed by atoms with E-state index < -0.39 is 0 Å². The number of carbonyl (C=O) groups is 2. The molecular weight excluding hydrogens is 352 g/mol. The molecule has 6 nitrogen and oxygen atoms in total. The van der Waals surface area contributed by atoms with Crippen molar-refractivity contribution in [2.45, 2.75) is 26.7 Å². The van der Waals surface area contributed by atoms with Crippen molar-refractivity contribution in [3.63, 3.8) is 0 Å². The Balaban J connectivity index is 1.65. The van der Waals surface area contributed by atoms with Crippen LogP contribution in [0.15, 0.2) is 48.7 Å². The van der Waals surface area contributed by atoms with Gasteiger partial charge in [0.1, 0.15) is 0 Å². The summed E-state index contributed by atoms with van der Waals surface area (Å²) in [5, 5.41) is 2.97. The number of hydrogen-bond donors (Lipinski definition) is 1. The average Bonchev–Trinajstić information content (AvgIpc) is 2.75. The zero-order valence-corrected chi connectivity index (χ0v) is 16.6. The molecule has 1 aliphatic heterocycles. The number of amides is 3. The van der Waals surface area contributed by atoms with Gasteiger partial charge in [-0.2, -0.15) is 0 Å². The number of benzene rings is 1. The van der Waals surface area contributed by atoms with E-state index >= 15 is 0 Å². The van der Waals surface area contributed by atoms with Crippen LogP contribution < -0.4 is 5.32 Å². The smallest absolute Gasteiger partial charge is 0.321 e. The Morgan fingerprint density at radius 3 is 2.71 bits per heavy atom. The zero-order chi connectivity index (χ0) is 19.9. The van der Waals surface area contributed by atoms with Crippen molar-refractivity contribution >= 4 is 17.6 Å². The maximum atomic E-state index is 12.8. The third kappa shape index (κ3) is 4.68. The van der Waals surface area contributed by atoms with Gasteiger partial charge in [0, 0.05) is 43.6 Å². The number of aromatic nitrogens is 1. The maximum absolute atomic E-state index is 12.8. The number of anilines is 1. The molecule has 1 unspecified atom stereocenters. The molecule has 0 bridgehead atoms. The third-order valence-electron chi connectivity index (χ3n) is 5.21. The van der Waals surface area contributed by atoms with Crippen LogP contribution in [0, 0.1) is 5.92 Å². The first-order chi connectivity index (χ1) is 13.6. The van der Waals surface area contributed by atoms with E-state index in [9.17, 15) is 9.59 Å². The molecule has 1 fully saturated rings. The minimum atomic E-state index is -0.157. The molecule has 1 aromatic heterocycles. The van der Waals surface area contributed by atoms with Crippen LogP contribution in [-0.4, -0.2) is 52.9 Å². The molecule has 1 aliphatic rings. The van der Waals surface area contributed by atoms with Crippen molar-refractivity contribution in [3.05, 3.63) is 48.7 Å². The van der Waals surface area contributed by atoms with E-state index in [-0.39, 0.29) is 17.9 Å². The van der Waals surface area contributed by atoms with Crippen molar-refractivity contribution in [3.8, 4) is 11.3 Å². The number of likely N-dealkylation sites (tertiary alicyclic amines) is 1. The van der Waals surface area contributed by atoms with Gasteiger partial charge >= 0.3 is 6.03 Å². The largest absolute Gasteiger partial charge is 0.343 e. The van der Waals surface area contributed by atoms with Crippen molar-refractivity contribution in [1.82, 2.24) is 14.8 Å². The van der Waals surface area contributed by atoms with E-state index in [0.29, 0.717) is 26.2 Å². The first-order valence-corrected chi connectivity index (χ1v) is 9.98. The van der Waals surface area contributed by atoms with Crippen LogP contribution in [0.3, 0.4) is 0 Å². The molecule has 28 heavy (non-hydrogen) atoms. The van der Waals surface area contributed by atoms with Crippen molar-refractivity contribution in [1.29, 1.82) is 0 Å². The van der Waals surface area contributed by atoms with Gasteiger partial charge in [0.15, 0.2) is 0 Å². The molecule has 148 valence electrons. The van der Waals surface area contributed by atoms with Gasteiger partial charge < -0.3 is 15.1 Å². The van der Waals surface area contributed by atoms with E-state index in [2.05, 4.69) is 10.3 Å². The number of nitrogens with zero attached hydrogens (tertiary/aromatic N) is 3. The van der Waals surface area contributed by atoms with Crippen molar-refractivity contribution in [2.24, 2.45) is 5.92 Å². The standard InChI is InChI=1S/C22H28N4O2/c1-3-25(4-2)21(27)18-10-8-14-26(16-18)22(28)24-19-11-7-9-17(15-19)20-12-5-6-13-23-20/h5-7,9,11-13,15,18H,3-4,8,10,14,16H2,1-2H3,(H,24,28). The minimum absolute atomic E-state index is 0.112. The number of piperidine rings is 1. The van der Waals surface area contributed by atoms with E-state index in [1.165, 1.54) is 0 Å². The molecule has 0 spiro atoms. The summed E-state index contributed by atoms with van der Waals surface area (Å²) in [5.74, 6) is 0.0407. The van der Waals surface area contributed by atoms with Gasteiger partial charge in [-0.05, 0) is 51.0 Å². The van der Waals surface area contributed by atoms with E-state index in [4.69, 9.17) is 0 Å². The molecule has 2 aromatic rings. The molecule has 0 aliphatic carbocycles. The maximum Gasteiger partial charge on any atom is 0.321 e. The lowest BCUT2D eigenvalue weighted by Crippen LogP contribution is -2.47. The molecule has 1 aromatic carbocycles. The molecule has 3 rings (SSSR count). The van der Waals surface area contributed by atoms with Crippen LogP contribution in [0.25, 0.3) is 11.3 Å². The summed E-state index contributed by atoms with van der Waals surface area (Å²) in [7, 11) is 0. The van der Waals surface area contributed by atoms with Gasteiger partial charge in [0.25, 0.3) is 0 Å². The monoisotopic (exact) mass is 380 g/mol. The summed E-state index contributed by atoms with van der Waals surface area (Å²) in [6.07, 6.45) is 3.44. The Morgan fingerprint density at radius 2 is 2.00 bits per heavy atom. The second-order valence-corrected chi connectivity index (χ2v) is 7.02. The van der Waals surface area contributed by atoms with Crippen LogP contribution >= 0.6 is 0 Å². The predicted octanol–water partition coefficient (Wildman–Crippen LogP) is 3.86. The fraction of sp³-hybridized carbons (Fsp3) is 0.409. The first-order valence-electron chi connectivity index (χ1n) is 9.98. The molecule has 0 saturated carbocycles. The summed E-state index contributed by atoms with van der Waals surface area (Å²) in [4.78, 5) is 33.4. The van der Waals surface area contributed by atoms with Crippen molar-refractivity contribution in [2.75, 3.05) is 31.5 Å². The van der Waals surface area contributed by atoms with Gasteiger partial charge in [0.05, 0.1) is 11.6 Å². The predicted molar refractivity (Wildman–Crippen MR) is 111 cm³/mol. The van der Waals surface area contributed by atoms with Crippen molar-refractivity contribution < 1.29 is 9.59 Å². The Kier molecular flexibility index (Phi) is 6.63. The number of urea groups is 1. The van der Waals surface area contributed by atoms with Crippen LogP contribution in [0.2, 0.25) is 0 Å². The molecule has 1 N–H and O–H groups in total. The molecule has 3 amide bonds. The van der Waals surface area contributed by atoms with Crippen LogP contribution in [0.5, 0.6) is 0 Å². The van der Waals surface area contributed by atoms with E-state index in [0.717, 1.165) is 29.8 Å². The molecule has 0 radical (unpaired) electrons. The number of hydrogen-bond acceptors (Lipinski definition) is 3. The molecule has 1 atom stereocenters. The summed E-state index contributed by atoms with van der Waals surface area (Å²) < 4.78 is 0. The highest BCUT2D eigenvalue weighted by Gasteiger charge is 2.30. The van der Waals surface area contributed by atoms with Gasteiger partial charge in [-0.3, -0.25) is 9.78 Å². The Bertz CT molecular complexity index is 805. The summed E-state index contributed by atoms with van der Waals surface area (Å²) in [6, 6.07) is 13.3. The summed E-state index contributed by atoms with van der Waals surface area (Å²) in [5.41, 5.74) is 2.54. The molecule has 6 heteroatoms. The zero-order valence-electron chi connectivity index (χ0n) is 16.6. The molecule has 2 heterocycles. The Labute approximate surface area is 166 Å². The second-order valence-electron chi connectivity index (χ2n) is 7.02. The number of carbonyl (C=O) groups excluding carboxylic acids is 2. The topological polar surface area (TPSA) is 65.5 Å². The second kappa shape index (κ2) is 9.35. The third-order valence-corrected chi connectivity index (χ3v) is 5.21. The molecular formula is C22H28N4O2. The Morgan fingerprint density at radius 1 is 1.18 bits per heavy atom. The van der Waals surface area contributed by atoms with Crippen LogP contribution in [0.1, 0.15) is 26.7 Å². The highest BCUT2D eigenvalue weighted by molar-refractivity contribution is 5.90. The normalized spacial score (nSPS) is 16.5. The van der Waals surface area contributed by atoms with Gasteiger partial charge in [-0.1, -0.05) is 18.2 Å². The molecule has 1 saturated heterocycles. The summed E-state index contributed by atoms with van der Waals surface area (Å²) in [6.45, 7) is 6.54. The lowest BCUT2D eigenvalue weighted by Gasteiger charge is -2.34. The van der Waals surface area contributed by atoms with E-state index in [1.807, 2.05) is 61.2 Å². The van der Waals surface area contributed by atoms with E-state index in [1.54, 1.807) is 11.1 Å². The fourth-order valence-electron chi connectivity index (χ4n) is 3.65. The average molecular weight is 380 g/mol. The lowest BCUT2D eigenvalue weighted by molar-refractivity contribution is -0.136. The van der Waals surface area contributed by atoms with Gasteiger partial charge in [0.2, 0.25) is 5.91 Å². The lowest BCUT2D eigenvalue weighted by atomic mass is 9.96. The van der Waals surface area contributed by atoms with Gasteiger partial charge in [-0.25, -0.2) is 4.79 Å². The number of pyridine rings is 1.